The second-order valence-corrected chi connectivity index (χ2v) is 5.21. The minimum Gasteiger partial charge on any atom is -0.312 e. The molecule has 0 N–H and O–H groups in total. The SMILES string of the molecule is CCN(C(=O)C1CC2CC2C1)c1ccncc1. The molecule has 0 aliphatic heterocycles. The van der Waals surface area contributed by atoms with E-state index in [1.807, 2.05) is 24.0 Å². The third kappa shape index (κ3) is 1.94. The van der Waals surface area contributed by atoms with Crippen molar-refractivity contribution < 1.29 is 4.79 Å². The average Bonchev–Trinajstić information content (AvgIpc) is 2.98. The van der Waals surface area contributed by atoms with Gasteiger partial charge in [0.15, 0.2) is 0 Å². The first-order valence-corrected chi connectivity index (χ1v) is 6.51. The molecular formula is C14H18N2O. The molecule has 1 aromatic rings. The van der Waals surface area contributed by atoms with Gasteiger partial charge in [-0.2, -0.15) is 0 Å². The molecule has 0 spiro atoms. The van der Waals surface area contributed by atoms with Crippen LogP contribution >= 0.6 is 0 Å². The monoisotopic (exact) mass is 230 g/mol. The molecule has 0 aromatic carbocycles. The zero-order chi connectivity index (χ0) is 11.8. The van der Waals surface area contributed by atoms with Crippen LogP contribution in [0, 0.1) is 17.8 Å². The number of anilines is 1. The van der Waals surface area contributed by atoms with E-state index in [1.54, 1.807) is 12.4 Å². The van der Waals surface area contributed by atoms with E-state index < -0.39 is 0 Å². The Kier molecular flexibility index (Phi) is 2.61. The first-order chi connectivity index (χ1) is 8.29. The molecule has 3 heteroatoms. The number of hydrogen-bond acceptors (Lipinski definition) is 2. The van der Waals surface area contributed by atoms with Crippen molar-refractivity contribution in [2.24, 2.45) is 17.8 Å². The highest BCUT2D eigenvalue weighted by molar-refractivity contribution is 5.95. The van der Waals surface area contributed by atoms with Gasteiger partial charge in [-0.25, -0.2) is 0 Å². The molecule has 2 saturated carbocycles. The summed E-state index contributed by atoms with van der Waals surface area (Å²) in [6, 6.07) is 3.83. The van der Waals surface area contributed by atoms with Gasteiger partial charge in [0.25, 0.3) is 0 Å². The molecule has 0 radical (unpaired) electrons. The summed E-state index contributed by atoms with van der Waals surface area (Å²) in [4.78, 5) is 18.3. The maximum atomic E-state index is 12.4. The summed E-state index contributed by atoms with van der Waals surface area (Å²) in [5.74, 6) is 2.30. The molecule has 2 unspecified atom stereocenters. The fourth-order valence-electron chi connectivity index (χ4n) is 3.13. The standard InChI is InChI=1S/C14H18N2O/c1-2-16(13-3-5-15-6-4-13)14(17)12-8-10-7-11(10)9-12/h3-6,10-12H,2,7-9H2,1H3. The van der Waals surface area contributed by atoms with Crippen LogP contribution < -0.4 is 4.90 Å². The smallest absolute Gasteiger partial charge is 0.230 e. The van der Waals surface area contributed by atoms with Crippen molar-refractivity contribution in [1.82, 2.24) is 4.98 Å². The molecule has 2 aliphatic rings. The van der Waals surface area contributed by atoms with Crippen molar-refractivity contribution in [2.45, 2.75) is 26.2 Å². The highest BCUT2D eigenvalue weighted by Gasteiger charge is 2.48. The van der Waals surface area contributed by atoms with E-state index in [2.05, 4.69) is 4.98 Å². The third-order valence-corrected chi connectivity index (χ3v) is 4.15. The maximum Gasteiger partial charge on any atom is 0.230 e. The molecule has 17 heavy (non-hydrogen) atoms. The molecule has 3 rings (SSSR count). The van der Waals surface area contributed by atoms with Gasteiger partial charge in [0.05, 0.1) is 0 Å². The van der Waals surface area contributed by atoms with E-state index in [0.29, 0.717) is 5.91 Å². The highest BCUT2D eigenvalue weighted by atomic mass is 16.2. The predicted octanol–water partition coefficient (Wildman–Crippen LogP) is 2.48. The zero-order valence-corrected chi connectivity index (χ0v) is 10.2. The fourth-order valence-corrected chi connectivity index (χ4v) is 3.13. The Labute approximate surface area is 102 Å². The van der Waals surface area contributed by atoms with Gasteiger partial charge in [-0.3, -0.25) is 9.78 Å². The topological polar surface area (TPSA) is 33.2 Å². The number of fused-ring (bicyclic) bond motifs is 1. The summed E-state index contributed by atoms with van der Waals surface area (Å²) in [5, 5.41) is 0. The fraction of sp³-hybridized carbons (Fsp3) is 0.571. The Bertz CT molecular complexity index is 407. The Morgan fingerprint density at radius 3 is 2.53 bits per heavy atom. The average molecular weight is 230 g/mol. The van der Waals surface area contributed by atoms with E-state index in [1.165, 1.54) is 6.42 Å². The summed E-state index contributed by atoms with van der Waals surface area (Å²) < 4.78 is 0. The van der Waals surface area contributed by atoms with Crippen molar-refractivity contribution in [1.29, 1.82) is 0 Å². The van der Waals surface area contributed by atoms with Crippen LogP contribution in [0.5, 0.6) is 0 Å². The molecule has 0 bridgehead atoms. The lowest BCUT2D eigenvalue weighted by molar-refractivity contribution is -0.122. The largest absolute Gasteiger partial charge is 0.312 e. The van der Waals surface area contributed by atoms with Crippen LogP contribution in [0.15, 0.2) is 24.5 Å². The van der Waals surface area contributed by atoms with Crippen LogP contribution in [-0.4, -0.2) is 17.4 Å². The normalized spacial score (nSPS) is 29.8. The summed E-state index contributed by atoms with van der Waals surface area (Å²) in [5.41, 5.74) is 0.980. The van der Waals surface area contributed by atoms with Crippen molar-refractivity contribution >= 4 is 11.6 Å². The second-order valence-electron chi connectivity index (χ2n) is 5.21. The lowest BCUT2D eigenvalue weighted by atomic mass is 10.0. The molecule has 2 atom stereocenters. The van der Waals surface area contributed by atoms with Crippen molar-refractivity contribution in [3.05, 3.63) is 24.5 Å². The van der Waals surface area contributed by atoms with Crippen molar-refractivity contribution in [2.75, 3.05) is 11.4 Å². The van der Waals surface area contributed by atoms with Gasteiger partial charge < -0.3 is 4.90 Å². The Morgan fingerprint density at radius 1 is 1.29 bits per heavy atom. The second kappa shape index (κ2) is 4.13. The number of hydrogen-bond donors (Lipinski definition) is 0. The summed E-state index contributed by atoms with van der Waals surface area (Å²) >= 11 is 0. The van der Waals surface area contributed by atoms with Gasteiger partial charge in [0, 0.05) is 30.5 Å². The first kappa shape index (κ1) is 10.8. The molecular weight excluding hydrogens is 212 g/mol. The summed E-state index contributed by atoms with van der Waals surface area (Å²) in [7, 11) is 0. The minimum absolute atomic E-state index is 0.270. The van der Waals surface area contributed by atoms with Gasteiger partial charge in [-0.05, 0) is 50.2 Å². The van der Waals surface area contributed by atoms with Gasteiger partial charge in [-0.15, -0.1) is 0 Å². The van der Waals surface area contributed by atoms with Crippen LogP contribution in [0.4, 0.5) is 5.69 Å². The zero-order valence-electron chi connectivity index (χ0n) is 10.2. The summed E-state index contributed by atoms with van der Waals surface area (Å²) in [6.45, 7) is 2.78. The molecule has 90 valence electrons. The molecule has 1 heterocycles. The third-order valence-electron chi connectivity index (χ3n) is 4.15. The van der Waals surface area contributed by atoms with Gasteiger partial charge in [-0.1, -0.05) is 0 Å². The number of pyridine rings is 1. The number of rotatable bonds is 3. The van der Waals surface area contributed by atoms with Crippen LogP contribution in [0.3, 0.4) is 0 Å². The maximum absolute atomic E-state index is 12.4. The van der Waals surface area contributed by atoms with E-state index in [-0.39, 0.29) is 5.92 Å². The van der Waals surface area contributed by atoms with Crippen molar-refractivity contribution in [3.63, 3.8) is 0 Å². The number of aromatic nitrogens is 1. The molecule has 2 aliphatic carbocycles. The predicted molar refractivity (Wildman–Crippen MR) is 66.6 cm³/mol. The Morgan fingerprint density at radius 2 is 1.94 bits per heavy atom. The molecule has 2 fully saturated rings. The van der Waals surface area contributed by atoms with E-state index in [0.717, 1.165) is 36.9 Å². The summed E-state index contributed by atoms with van der Waals surface area (Å²) in [6.07, 6.45) is 7.09. The lowest BCUT2D eigenvalue weighted by Crippen LogP contribution is -2.35. The van der Waals surface area contributed by atoms with Gasteiger partial charge in [0.1, 0.15) is 0 Å². The molecule has 0 saturated heterocycles. The lowest BCUT2D eigenvalue weighted by Gasteiger charge is -2.24. The number of carbonyl (C=O) groups excluding carboxylic acids is 1. The minimum atomic E-state index is 0.270. The molecule has 1 amide bonds. The Balaban J connectivity index is 1.74. The van der Waals surface area contributed by atoms with E-state index in [9.17, 15) is 4.79 Å². The van der Waals surface area contributed by atoms with Crippen LogP contribution in [-0.2, 0) is 4.79 Å². The van der Waals surface area contributed by atoms with Gasteiger partial charge >= 0.3 is 0 Å². The van der Waals surface area contributed by atoms with E-state index in [4.69, 9.17) is 0 Å². The first-order valence-electron chi connectivity index (χ1n) is 6.51. The van der Waals surface area contributed by atoms with Crippen LogP contribution in [0.1, 0.15) is 26.2 Å². The number of amides is 1. The number of carbonyl (C=O) groups is 1. The van der Waals surface area contributed by atoms with Gasteiger partial charge in [0.2, 0.25) is 5.91 Å². The Hall–Kier alpha value is -1.38. The van der Waals surface area contributed by atoms with Crippen molar-refractivity contribution in [3.8, 4) is 0 Å². The molecule has 3 nitrogen and oxygen atoms in total. The van der Waals surface area contributed by atoms with Crippen LogP contribution in [0.25, 0.3) is 0 Å². The van der Waals surface area contributed by atoms with Crippen LogP contribution in [0.2, 0.25) is 0 Å². The van der Waals surface area contributed by atoms with E-state index >= 15 is 0 Å². The highest BCUT2D eigenvalue weighted by Crippen LogP contribution is 2.54. The quantitative estimate of drug-likeness (QED) is 0.799. The molecule has 1 aromatic heterocycles. The number of nitrogens with zero attached hydrogens (tertiary/aromatic N) is 2.